The Labute approximate surface area is 133 Å². The highest BCUT2D eigenvalue weighted by Crippen LogP contribution is 2.36. The van der Waals surface area contributed by atoms with E-state index in [1.165, 1.54) is 11.8 Å². The molecule has 0 amide bonds. The average Bonchev–Trinajstić information content (AvgIpc) is 2.82. The van der Waals surface area contributed by atoms with E-state index in [4.69, 9.17) is 11.6 Å². The lowest BCUT2D eigenvalue weighted by molar-refractivity contribution is -0.141. The van der Waals surface area contributed by atoms with Crippen molar-refractivity contribution < 1.29 is 13.2 Å². The van der Waals surface area contributed by atoms with Crippen molar-refractivity contribution in [2.24, 2.45) is 0 Å². The zero-order valence-corrected chi connectivity index (χ0v) is 13.4. The molecule has 2 nitrogen and oxygen atoms in total. The lowest BCUT2D eigenvalue weighted by Crippen LogP contribution is -2.12. The molecular weight excluding hydrogens is 341 g/mol. The summed E-state index contributed by atoms with van der Waals surface area (Å²) in [6.07, 6.45) is -4.41. The second-order valence-corrected chi connectivity index (χ2v) is 6.80. The number of halogens is 4. The van der Waals surface area contributed by atoms with E-state index < -0.39 is 11.9 Å². The van der Waals surface area contributed by atoms with Crippen molar-refractivity contribution in [1.29, 1.82) is 0 Å². The van der Waals surface area contributed by atoms with Crippen LogP contribution in [0, 0.1) is 0 Å². The minimum Gasteiger partial charge on any atom is -0.315 e. The maximum absolute atomic E-state index is 12.9. The number of rotatable bonds is 5. The molecule has 0 saturated carbocycles. The molecule has 0 aliphatic rings. The molecule has 1 heterocycles. The highest BCUT2D eigenvalue weighted by Gasteiger charge is 2.37. The van der Waals surface area contributed by atoms with Gasteiger partial charge in [0.15, 0.2) is 5.69 Å². The van der Waals surface area contributed by atoms with Crippen LogP contribution in [0.3, 0.4) is 0 Å². The maximum Gasteiger partial charge on any atom is 0.434 e. The standard InChI is InChI=1S/C13H12ClF3N2S2/c1-18-6-10-12(13(15,16)17)19-11(21-10)7-20-9-4-2-8(14)3-5-9/h2-5,18H,6-7H2,1H3. The van der Waals surface area contributed by atoms with Crippen molar-refractivity contribution in [1.82, 2.24) is 10.3 Å². The zero-order valence-electron chi connectivity index (χ0n) is 11.0. The Morgan fingerprint density at radius 1 is 1.29 bits per heavy atom. The number of thioether (sulfide) groups is 1. The van der Waals surface area contributed by atoms with Gasteiger partial charge in [-0.05, 0) is 31.3 Å². The van der Waals surface area contributed by atoms with Crippen LogP contribution in [0.15, 0.2) is 29.2 Å². The maximum atomic E-state index is 12.9. The summed E-state index contributed by atoms with van der Waals surface area (Å²) >= 11 is 8.31. The molecular formula is C13H12ClF3N2S2. The summed E-state index contributed by atoms with van der Waals surface area (Å²) in [4.78, 5) is 4.90. The van der Waals surface area contributed by atoms with E-state index in [0.29, 0.717) is 15.8 Å². The Morgan fingerprint density at radius 2 is 1.95 bits per heavy atom. The summed E-state index contributed by atoms with van der Waals surface area (Å²) in [6.45, 7) is 0.165. The molecule has 0 fully saturated rings. The van der Waals surface area contributed by atoms with Crippen LogP contribution in [-0.4, -0.2) is 12.0 Å². The van der Waals surface area contributed by atoms with Crippen LogP contribution in [0.2, 0.25) is 5.02 Å². The number of hydrogen-bond donors (Lipinski definition) is 1. The fourth-order valence-corrected chi connectivity index (χ4v) is 3.76. The van der Waals surface area contributed by atoms with Crippen molar-refractivity contribution in [3.63, 3.8) is 0 Å². The Hall–Kier alpha value is -0.760. The molecule has 0 bridgehead atoms. The van der Waals surface area contributed by atoms with E-state index in [9.17, 15) is 13.2 Å². The first-order chi connectivity index (χ1) is 9.90. The van der Waals surface area contributed by atoms with Gasteiger partial charge in [-0.2, -0.15) is 13.2 Å². The summed E-state index contributed by atoms with van der Waals surface area (Å²) in [5.41, 5.74) is -0.784. The Kier molecular flexibility index (Phi) is 5.54. The minimum absolute atomic E-state index is 0.165. The molecule has 0 saturated heterocycles. The normalized spacial score (nSPS) is 11.9. The smallest absolute Gasteiger partial charge is 0.315 e. The highest BCUT2D eigenvalue weighted by molar-refractivity contribution is 7.98. The molecule has 0 unspecified atom stereocenters. The molecule has 0 aliphatic heterocycles. The lowest BCUT2D eigenvalue weighted by atomic mass is 10.3. The van der Waals surface area contributed by atoms with Gasteiger partial charge in [-0.15, -0.1) is 23.1 Å². The van der Waals surface area contributed by atoms with Gasteiger partial charge in [-0.1, -0.05) is 11.6 Å². The summed E-state index contributed by atoms with van der Waals surface area (Å²) in [6, 6.07) is 7.16. The number of nitrogens with zero attached hydrogens (tertiary/aromatic N) is 1. The Morgan fingerprint density at radius 3 is 2.52 bits per heavy atom. The van der Waals surface area contributed by atoms with Gasteiger partial charge in [0.05, 0.1) is 10.6 Å². The fraction of sp³-hybridized carbons (Fsp3) is 0.308. The minimum atomic E-state index is -4.41. The van der Waals surface area contributed by atoms with Gasteiger partial charge in [0.1, 0.15) is 5.01 Å². The molecule has 0 radical (unpaired) electrons. The van der Waals surface area contributed by atoms with Crippen LogP contribution in [0.5, 0.6) is 0 Å². The number of alkyl halides is 3. The quantitative estimate of drug-likeness (QED) is 0.780. The fourth-order valence-electron chi connectivity index (χ4n) is 1.64. The third kappa shape index (κ3) is 4.60. The molecule has 1 N–H and O–H groups in total. The van der Waals surface area contributed by atoms with E-state index in [1.54, 1.807) is 19.2 Å². The van der Waals surface area contributed by atoms with Gasteiger partial charge in [0, 0.05) is 16.5 Å². The Bertz CT molecular complexity index is 596. The zero-order chi connectivity index (χ0) is 15.5. The summed E-state index contributed by atoms with van der Waals surface area (Å²) in [7, 11) is 1.61. The second kappa shape index (κ2) is 7.00. The molecule has 1 aromatic carbocycles. The first kappa shape index (κ1) is 16.6. The average molecular weight is 353 g/mol. The van der Waals surface area contributed by atoms with Gasteiger partial charge < -0.3 is 5.32 Å². The number of benzene rings is 1. The van der Waals surface area contributed by atoms with Gasteiger partial charge >= 0.3 is 6.18 Å². The second-order valence-electron chi connectivity index (χ2n) is 4.15. The molecule has 2 rings (SSSR count). The van der Waals surface area contributed by atoms with Crippen molar-refractivity contribution in [2.45, 2.75) is 23.4 Å². The van der Waals surface area contributed by atoms with Crippen LogP contribution in [0.4, 0.5) is 13.2 Å². The molecule has 0 atom stereocenters. The molecule has 8 heteroatoms. The predicted molar refractivity (Wildman–Crippen MR) is 80.9 cm³/mol. The Balaban J connectivity index is 2.11. The number of nitrogens with one attached hydrogen (secondary N) is 1. The predicted octanol–water partition coefficient (Wildman–Crippen LogP) is 4.83. The van der Waals surface area contributed by atoms with Crippen LogP contribution >= 0.6 is 34.7 Å². The van der Waals surface area contributed by atoms with Crippen LogP contribution in [0.1, 0.15) is 15.6 Å². The topological polar surface area (TPSA) is 24.9 Å². The van der Waals surface area contributed by atoms with Crippen molar-refractivity contribution >= 4 is 34.7 Å². The van der Waals surface area contributed by atoms with Crippen LogP contribution < -0.4 is 5.32 Å². The van der Waals surface area contributed by atoms with Crippen molar-refractivity contribution in [3.8, 4) is 0 Å². The molecule has 2 aromatic rings. The number of aromatic nitrogens is 1. The van der Waals surface area contributed by atoms with Crippen LogP contribution in [0.25, 0.3) is 0 Å². The number of hydrogen-bond acceptors (Lipinski definition) is 4. The van der Waals surface area contributed by atoms with E-state index >= 15 is 0 Å². The van der Waals surface area contributed by atoms with Crippen LogP contribution in [-0.2, 0) is 18.5 Å². The monoisotopic (exact) mass is 352 g/mol. The summed E-state index contributed by atoms with van der Waals surface area (Å²) in [5.74, 6) is 0.402. The third-order valence-electron chi connectivity index (χ3n) is 2.52. The van der Waals surface area contributed by atoms with Gasteiger partial charge in [0.2, 0.25) is 0 Å². The largest absolute Gasteiger partial charge is 0.434 e. The van der Waals surface area contributed by atoms with Gasteiger partial charge in [0.25, 0.3) is 0 Å². The van der Waals surface area contributed by atoms with Gasteiger partial charge in [-0.25, -0.2) is 4.98 Å². The van der Waals surface area contributed by atoms with Gasteiger partial charge in [-0.3, -0.25) is 0 Å². The summed E-state index contributed by atoms with van der Waals surface area (Å²) < 4.78 is 38.7. The number of thiazole rings is 1. The lowest BCUT2D eigenvalue weighted by Gasteiger charge is -2.04. The first-order valence-electron chi connectivity index (χ1n) is 5.99. The molecule has 1 aromatic heterocycles. The molecule has 0 spiro atoms. The summed E-state index contributed by atoms with van der Waals surface area (Å²) in [5, 5.41) is 3.83. The third-order valence-corrected chi connectivity index (χ3v) is 5.04. The molecule has 114 valence electrons. The highest BCUT2D eigenvalue weighted by atomic mass is 35.5. The van der Waals surface area contributed by atoms with E-state index in [2.05, 4.69) is 10.3 Å². The SMILES string of the molecule is CNCc1sc(CSc2ccc(Cl)cc2)nc1C(F)(F)F. The van der Waals surface area contributed by atoms with E-state index in [0.717, 1.165) is 16.2 Å². The van der Waals surface area contributed by atoms with E-state index in [1.807, 2.05) is 12.1 Å². The van der Waals surface area contributed by atoms with Crippen molar-refractivity contribution in [3.05, 3.63) is 44.9 Å². The van der Waals surface area contributed by atoms with Crippen molar-refractivity contribution in [2.75, 3.05) is 7.05 Å². The van der Waals surface area contributed by atoms with E-state index in [-0.39, 0.29) is 11.4 Å². The molecule has 21 heavy (non-hydrogen) atoms. The first-order valence-corrected chi connectivity index (χ1v) is 8.17. The molecule has 0 aliphatic carbocycles.